The standard InChI is InChI=1S/C30H30N4O3/c1-19-14-20(2)27(21(3)15-19)28-23(18-34(32-28)24-10-7-6-8-11-24)16-25-22(4)26(17-31)30(36)33(29(25)35)12-9-13-37-5/h6-8,10-11,14-16,18H,9,12-13H2,1-5H3/b25-16+. The van der Waals surface area contributed by atoms with Crippen LogP contribution in [0.5, 0.6) is 0 Å². The molecule has 37 heavy (non-hydrogen) atoms. The second-order valence-electron chi connectivity index (χ2n) is 9.26. The number of aryl methyl sites for hydroxylation is 3. The number of nitrogens with zero attached hydrogens (tertiary/aromatic N) is 4. The molecule has 1 aliphatic heterocycles. The Morgan fingerprint density at radius 1 is 1.03 bits per heavy atom. The van der Waals surface area contributed by atoms with Gasteiger partial charge in [0.2, 0.25) is 0 Å². The first-order chi connectivity index (χ1) is 17.8. The van der Waals surface area contributed by atoms with Gasteiger partial charge >= 0.3 is 0 Å². The Hall–Kier alpha value is -4.28. The number of benzene rings is 2. The third-order valence-corrected chi connectivity index (χ3v) is 6.53. The van der Waals surface area contributed by atoms with Gasteiger partial charge in [0.05, 0.1) is 5.69 Å². The smallest absolute Gasteiger partial charge is 0.271 e. The first-order valence-corrected chi connectivity index (χ1v) is 12.2. The van der Waals surface area contributed by atoms with E-state index in [-0.39, 0.29) is 12.1 Å². The number of carbonyl (C=O) groups excluding carboxylic acids is 2. The van der Waals surface area contributed by atoms with Gasteiger partial charge in [-0.3, -0.25) is 14.5 Å². The van der Waals surface area contributed by atoms with E-state index in [9.17, 15) is 14.9 Å². The van der Waals surface area contributed by atoms with Crippen LogP contribution in [0.4, 0.5) is 0 Å². The lowest BCUT2D eigenvalue weighted by Gasteiger charge is -2.27. The molecule has 0 unspecified atom stereocenters. The predicted molar refractivity (Wildman–Crippen MR) is 143 cm³/mol. The maximum atomic E-state index is 13.5. The minimum Gasteiger partial charge on any atom is -0.385 e. The van der Waals surface area contributed by atoms with Gasteiger partial charge in [-0.1, -0.05) is 35.9 Å². The van der Waals surface area contributed by atoms with Gasteiger partial charge in [0.25, 0.3) is 11.8 Å². The summed E-state index contributed by atoms with van der Waals surface area (Å²) in [6.45, 7) is 8.39. The highest BCUT2D eigenvalue weighted by atomic mass is 16.5. The van der Waals surface area contributed by atoms with Gasteiger partial charge in [-0.15, -0.1) is 0 Å². The zero-order valence-electron chi connectivity index (χ0n) is 21.8. The summed E-state index contributed by atoms with van der Waals surface area (Å²) >= 11 is 0. The molecule has 0 saturated carbocycles. The Morgan fingerprint density at radius 2 is 1.70 bits per heavy atom. The fourth-order valence-corrected chi connectivity index (χ4v) is 4.81. The Balaban J connectivity index is 1.93. The molecule has 0 fully saturated rings. The van der Waals surface area contributed by atoms with Crippen molar-refractivity contribution in [3.8, 4) is 23.0 Å². The average Bonchev–Trinajstić information content (AvgIpc) is 3.27. The second-order valence-corrected chi connectivity index (χ2v) is 9.26. The van der Waals surface area contributed by atoms with Crippen molar-refractivity contribution in [3.05, 3.63) is 87.6 Å². The second kappa shape index (κ2) is 10.8. The molecule has 0 atom stereocenters. The molecule has 2 heterocycles. The summed E-state index contributed by atoms with van der Waals surface area (Å²) in [6.07, 6.45) is 4.12. The first-order valence-electron chi connectivity index (χ1n) is 12.2. The number of nitriles is 1. The number of carbonyl (C=O) groups is 2. The van der Waals surface area contributed by atoms with Gasteiger partial charge in [-0.05, 0) is 69.0 Å². The zero-order valence-corrected chi connectivity index (χ0v) is 21.8. The summed E-state index contributed by atoms with van der Waals surface area (Å²) in [4.78, 5) is 27.6. The minimum atomic E-state index is -0.566. The number of methoxy groups -OCH3 is 1. The van der Waals surface area contributed by atoms with Crippen molar-refractivity contribution in [2.45, 2.75) is 34.1 Å². The Labute approximate surface area is 217 Å². The van der Waals surface area contributed by atoms with Crippen LogP contribution >= 0.6 is 0 Å². The normalized spacial score (nSPS) is 15.0. The summed E-state index contributed by atoms with van der Waals surface area (Å²) in [5.41, 5.74) is 7.30. The molecule has 7 nitrogen and oxygen atoms in total. The van der Waals surface area contributed by atoms with Crippen LogP contribution in [0.2, 0.25) is 0 Å². The number of hydrogen-bond donors (Lipinski definition) is 0. The molecule has 0 radical (unpaired) electrons. The van der Waals surface area contributed by atoms with Gasteiger partial charge in [0.15, 0.2) is 0 Å². The monoisotopic (exact) mass is 494 g/mol. The van der Waals surface area contributed by atoms with Crippen molar-refractivity contribution < 1.29 is 14.3 Å². The van der Waals surface area contributed by atoms with Crippen molar-refractivity contribution in [2.24, 2.45) is 0 Å². The van der Waals surface area contributed by atoms with Crippen molar-refractivity contribution in [2.75, 3.05) is 20.3 Å². The van der Waals surface area contributed by atoms with E-state index >= 15 is 0 Å². The van der Waals surface area contributed by atoms with Crippen molar-refractivity contribution in [1.29, 1.82) is 5.26 Å². The van der Waals surface area contributed by atoms with E-state index in [0.29, 0.717) is 24.2 Å². The topological polar surface area (TPSA) is 88.2 Å². The van der Waals surface area contributed by atoms with E-state index < -0.39 is 11.8 Å². The van der Waals surface area contributed by atoms with E-state index in [1.807, 2.05) is 42.6 Å². The predicted octanol–water partition coefficient (Wildman–Crippen LogP) is 5.09. The SMILES string of the molecule is COCCCN1C(=O)C(C#N)=C(C)/C(=C\c2cn(-c3ccccc3)nc2-c2c(C)cc(C)cc2C)C1=O. The molecule has 1 aliphatic rings. The van der Waals surface area contributed by atoms with Gasteiger partial charge < -0.3 is 4.74 Å². The molecule has 0 bridgehead atoms. The van der Waals surface area contributed by atoms with Crippen LogP contribution < -0.4 is 0 Å². The summed E-state index contributed by atoms with van der Waals surface area (Å²) in [5.74, 6) is -0.989. The lowest BCUT2D eigenvalue weighted by Crippen LogP contribution is -2.43. The molecule has 0 aliphatic carbocycles. The number of ether oxygens (including phenoxy) is 1. The van der Waals surface area contributed by atoms with Crippen LogP contribution in [0.1, 0.15) is 35.6 Å². The van der Waals surface area contributed by atoms with Crippen LogP contribution in [-0.2, 0) is 14.3 Å². The zero-order chi connectivity index (χ0) is 26.7. The average molecular weight is 495 g/mol. The molecule has 2 aromatic carbocycles. The summed E-state index contributed by atoms with van der Waals surface area (Å²) in [7, 11) is 1.57. The van der Waals surface area contributed by atoms with Crippen LogP contribution in [-0.4, -0.2) is 46.8 Å². The van der Waals surface area contributed by atoms with Gasteiger partial charge in [0, 0.05) is 43.2 Å². The Kier molecular flexibility index (Phi) is 7.51. The summed E-state index contributed by atoms with van der Waals surface area (Å²) in [5, 5.41) is 14.7. The van der Waals surface area contributed by atoms with Crippen LogP contribution in [0, 0.1) is 32.1 Å². The van der Waals surface area contributed by atoms with Gasteiger partial charge in [-0.2, -0.15) is 10.4 Å². The van der Waals surface area contributed by atoms with Crippen LogP contribution in [0.25, 0.3) is 23.0 Å². The molecule has 4 rings (SSSR count). The number of imide groups is 1. The molecular weight excluding hydrogens is 464 g/mol. The molecule has 0 N–H and O–H groups in total. The maximum Gasteiger partial charge on any atom is 0.271 e. The van der Waals surface area contributed by atoms with Crippen molar-refractivity contribution in [1.82, 2.24) is 14.7 Å². The third kappa shape index (κ3) is 5.02. The van der Waals surface area contributed by atoms with Crippen molar-refractivity contribution in [3.63, 3.8) is 0 Å². The molecule has 0 saturated heterocycles. The highest BCUT2D eigenvalue weighted by molar-refractivity contribution is 6.19. The largest absolute Gasteiger partial charge is 0.385 e. The van der Waals surface area contributed by atoms with E-state index in [2.05, 4.69) is 32.9 Å². The highest BCUT2D eigenvalue weighted by Crippen LogP contribution is 2.34. The lowest BCUT2D eigenvalue weighted by atomic mass is 9.91. The lowest BCUT2D eigenvalue weighted by molar-refractivity contribution is -0.140. The van der Waals surface area contributed by atoms with E-state index in [1.54, 1.807) is 24.8 Å². The maximum absolute atomic E-state index is 13.5. The Bertz CT molecular complexity index is 1450. The minimum absolute atomic E-state index is 0.0250. The van der Waals surface area contributed by atoms with E-state index in [1.165, 1.54) is 0 Å². The van der Waals surface area contributed by atoms with Gasteiger partial charge in [0.1, 0.15) is 17.3 Å². The molecule has 0 spiro atoms. The fourth-order valence-electron chi connectivity index (χ4n) is 4.81. The fraction of sp³-hybridized carbons (Fsp3) is 0.267. The van der Waals surface area contributed by atoms with Crippen LogP contribution in [0.3, 0.4) is 0 Å². The molecule has 1 aromatic heterocycles. The number of aromatic nitrogens is 2. The van der Waals surface area contributed by atoms with Gasteiger partial charge in [-0.25, -0.2) is 4.68 Å². The van der Waals surface area contributed by atoms with E-state index in [0.717, 1.165) is 44.1 Å². The molecule has 188 valence electrons. The third-order valence-electron chi connectivity index (χ3n) is 6.53. The number of amides is 2. The van der Waals surface area contributed by atoms with Crippen molar-refractivity contribution >= 4 is 17.9 Å². The summed E-state index contributed by atoms with van der Waals surface area (Å²) in [6, 6.07) is 16.0. The van der Waals surface area contributed by atoms with E-state index in [4.69, 9.17) is 9.84 Å². The highest BCUT2D eigenvalue weighted by Gasteiger charge is 2.35. The molecule has 2 amide bonds. The first kappa shape index (κ1) is 25.8. The van der Waals surface area contributed by atoms with Crippen LogP contribution in [0.15, 0.2) is 65.4 Å². The Morgan fingerprint density at radius 3 is 2.32 bits per heavy atom. The molecule has 7 heteroatoms. The quantitative estimate of drug-likeness (QED) is 0.259. The number of rotatable bonds is 7. The number of hydrogen-bond acceptors (Lipinski definition) is 5. The molecular formula is C30H30N4O3. The number of para-hydroxylation sites is 1. The molecule has 3 aromatic rings. The summed E-state index contributed by atoms with van der Waals surface area (Å²) < 4.78 is 6.88.